The third-order valence-corrected chi connectivity index (χ3v) is 4.45. The van der Waals surface area contributed by atoms with Crippen LogP contribution in [0.15, 0.2) is 89.5 Å². The maximum atomic E-state index is 13.7. The van der Waals surface area contributed by atoms with E-state index in [1.807, 2.05) is 30.3 Å². The van der Waals surface area contributed by atoms with Gasteiger partial charge in [-0.3, -0.25) is 4.79 Å². The van der Waals surface area contributed by atoms with E-state index in [0.29, 0.717) is 11.3 Å². The van der Waals surface area contributed by atoms with Crippen LogP contribution in [0.3, 0.4) is 0 Å². The van der Waals surface area contributed by atoms with E-state index in [1.165, 1.54) is 18.2 Å². The summed E-state index contributed by atoms with van der Waals surface area (Å²) in [6, 6.07) is 21.6. The monoisotopic (exact) mass is 401 g/mol. The van der Waals surface area contributed by atoms with Gasteiger partial charge in [0.1, 0.15) is 5.82 Å². The summed E-state index contributed by atoms with van der Waals surface area (Å²) in [5.41, 5.74) is 1.36. The SMILES string of the molecule is O=C(COC(=O)c1ccccc1-c1ncc(-c2ccccc2)o1)c1ccccc1F. The van der Waals surface area contributed by atoms with Crippen molar-refractivity contribution in [2.24, 2.45) is 0 Å². The van der Waals surface area contributed by atoms with Gasteiger partial charge in [0.15, 0.2) is 12.4 Å². The first kappa shape index (κ1) is 19.3. The van der Waals surface area contributed by atoms with E-state index in [4.69, 9.17) is 9.15 Å². The predicted molar refractivity (Wildman–Crippen MR) is 108 cm³/mol. The summed E-state index contributed by atoms with van der Waals surface area (Å²) in [7, 11) is 0. The van der Waals surface area contributed by atoms with Gasteiger partial charge in [-0.15, -0.1) is 0 Å². The van der Waals surface area contributed by atoms with Gasteiger partial charge in [0.05, 0.1) is 22.9 Å². The Morgan fingerprint density at radius 3 is 2.30 bits per heavy atom. The smallest absolute Gasteiger partial charge is 0.339 e. The first-order valence-corrected chi connectivity index (χ1v) is 9.19. The molecule has 5 nitrogen and oxygen atoms in total. The van der Waals surface area contributed by atoms with E-state index in [2.05, 4.69) is 4.98 Å². The third kappa shape index (κ3) is 4.03. The molecule has 0 saturated heterocycles. The van der Waals surface area contributed by atoms with Crippen LogP contribution in [0.4, 0.5) is 4.39 Å². The number of carbonyl (C=O) groups is 2. The minimum Gasteiger partial charge on any atom is -0.454 e. The quantitative estimate of drug-likeness (QED) is 0.329. The molecule has 1 heterocycles. The summed E-state index contributed by atoms with van der Waals surface area (Å²) in [5.74, 6) is -1.20. The summed E-state index contributed by atoms with van der Waals surface area (Å²) in [6.07, 6.45) is 1.58. The number of oxazole rings is 1. The van der Waals surface area contributed by atoms with Crippen molar-refractivity contribution < 1.29 is 23.1 Å². The number of Topliss-reactive ketones (excluding diaryl/α,β-unsaturated/α-hetero) is 1. The van der Waals surface area contributed by atoms with Crippen LogP contribution in [-0.2, 0) is 4.74 Å². The number of nitrogens with zero attached hydrogens (tertiary/aromatic N) is 1. The molecule has 6 heteroatoms. The molecule has 1 aromatic heterocycles. The van der Waals surface area contributed by atoms with Crippen LogP contribution in [0.1, 0.15) is 20.7 Å². The van der Waals surface area contributed by atoms with Crippen molar-refractivity contribution in [2.45, 2.75) is 0 Å². The topological polar surface area (TPSA) is 69.4 Å². The van der Waals surface area contributed by atoms with E-state index in [0.717, 1.165) is 5.56 Å². The number of hydrogen-bond donors (Lipinski definition) is 0. The van der Waals surface area contributed by atoms with Gasteiger partial charge in [0.2, 0.25) is 11.7 Å². The van der Waals surface area contributed by atoms with Crippen molar-refractivity contribution in [1.29, 1.82) is 0 Å². The van der Waals surface area contributed by atoms with Crippen molar-refractivity contribution in [3.8, 4) is 22.8 Å². The molecule has 30 heavy (non-hydrogen) atoms. The molecule has 0 radical (unpaired) electrons. The Bertz CT molecular complexity index is 1200. The van der Waals surface area contributed by atoms with Gasteiger partial charge in [0, 0.05) is 5.56 Å². The molecule has 0 aliphatic heterocycles. The Morgan fingerprint density at radius 1 is 0.867 bits per heavy atom. The fourth-order valence-electron chi connectivity index (χ4n) is 2.96. The molecule has 148 valence electrons. The van der Waals surface area contributed by atoms with Crippen LogP contribution < -0.4 is 0 Å². The number of halogens is 1. The van der Waals surface area contributed by atoms with Gasteiger partial charge < -0.3 is 9.15 Å². The second kappa shape index (κ2) is 8.53. The summed E-state index contributed by atoms with van der Waals surface area (Å²) in [6.45, 7) is -0.574. The minimum absolute atomic E-state index is 0.126. The summed E-state index contributed by atoms with van der Waals surface area (Å²) >= 11 is 0. The van der Waals surface area contributed by atoms with Gasteiger partial charge in [-0.2, -0.15) is 0 Å². The van der Waals surface area contributed by atoms with Gasteiger partial charge in [-0.25, -0.2) is 14.2 Å². The van der Waals surface area contributed by atoms with Gasteiger partial charge in [-0.05, 0) is 24.3 Å². The molecule has 4 rings (SSSR count). The van der Waals surface area contributed by atoms with E-state index < -0.39 is 24.2 Å². The molecule has 0 spiro atoms. The normalized spacial score (nSPS) is 10.6. The number of benzene rings is 3. The fourth-order valence-corrected chi connectivity index (χ4v) is 2.96. The molecule has 0 fully saturated rings. The molecule has 0 aliphatic rings. The van der Waals surface area contributed by atoms with E-state index in [-0.39, 0.29) is 17.0 Å². The van der Waals surface area contributed by atoms with Crippen molar-refractivity contribution in [3.63, 3.8) is 0 Å². The largest absolute Gasteiger partial charge is 0.454 e. The van der Waals surface area contributed by atoms with Crippen LogP contribution in [0, 0.1) is 5.82 Å². The highest BCUT2D eigenvalue weighted by molar-refractivity contribution is 6.01. The fraction of sp³-hybridized carbons (Fsp3) is 0.0417. The van der Waals surface area contributed by atoms with Crippen molar-refractivity contribution in [1.82, 2.24) is 4.98 Å². The lowest BCUT2D eigenvalue weighted by Gasteiger charge is -2.08. The molecule has 0 atom stereocenters. The Kier molecular flexibility index (Phi) is 5.48. The summed E-state index contributed by atoms with van der Waals surface area (Å²) in [5, 5.41) is 0. The average molecular weight is 401 g/mol. The molecule has 0 amide bonds. The minimum atomic E-state index is -0.727. The Morgan fingerprint density at radius 2 is 1.53 bits per heavy atom. The molecule has 0 bridgehead atoms. The van der Waals surface area contributed by atoms with E-state index in [9.17, 15) is 14.0 Å². The molecular weight excluding hydrogens is 385 g/mol. The van der Waals surface area contributed by atoms with Crippen LogP contribution >= 0.6 is 0 Å². The Labute approximate surface area is 171 Å². The molecule has 0 N–H and O–H groups in total. The zero-order valence-electron chi connectivity index (χ0n) is 15.7. The average Bonchev–Trinajstić information content (AvgIpc) is 3.28. The van der Waals surface area contributed by atoms with Crippen molar-refractivity contribution in [2.75, 3.05) is 6.61 Å². The highest BCUT2D eigenvalue weighted by Gasteiger charge is 2.20. The molecule has 3 aromatic carbocycles. The van der Waals surface area contributed by atoms with Crippen molar-refractivity contribution in [3.05, 3.63) is 102 Å². The number of ketones is 1. The standard InChI is InChI=1S/C24H16FNO4/c25-20-13-7-6-12-19(20)21(27)15-29-24(28)18-11-5-4-10-17(18)23-26-14-22(30-23)16-8-2-1-3-9-16/h1-14H,15H2. The maximum Gasteiger partial charge on any atom is 0.339 e. The number of ether oxygens (including phenoxy) is 1. The maximum absolute atomic E-state index is 13.7. The zero-order chi connectivity index (χ0) is 20.9. The van der Waals surface area contributed by atoms with Gasteiger partial charge >= 0.3 is 5.97 Å². The lowest BCUT2D eigenvalue weighted by molar-refractivity contribution is 0.0474. The van der Waals surface area contributed by atoms with Crippen LogP contribution in [0.5, 0.6) is 0 Å². The van der Waals surface area contributed by atoms with Gasteiger partial charge in [-0.1, -0.05) is 54.6 Å². The van der Waals surface area contributed by atoms with Crippen LogP contribution in [0.2, 0.25) is 0 Å². The summed E-state index contributed by atoms with van der Waals surface area (Å²) < 4.78 is 24.7. The lowest BCUT2D eigenvalue weighted by Crippen LogP contribution is -2.16. The lowest BCUT2D eigenvalue weighted by atomic mass is 10.1. The molecular formula is C24H16FNO4. The van der Waals surface area contributed by atoms with E-state index in [1.54, 1.807) is 36.5 Å². The Balaban J connectivity index is 1.54. The van der Waals surface area contributed by atoms with Crippen LogP contribution in [-0.4, -0.2) is 23.3 Å². The van der Waals surface area contributed by atoms with E-state index >= 15 is 0 Å². The highest BCUT2D eigenvalue weighted by atomic mass is 19.1. The number of rotatable bonds is 6. The predicted octanol–water partition coefficient (Wildman–Crippen LogP) is 5.19. The molecule has 4 aromatic rings. The van der Waals surface area contributed by atoms with Crippen LogP contribution in [0.25, 0.3) is 22.8 Å². The number of hydrogen-bond acceptors (Lipinski definition) is 5. The number of esters is 1. The molecule has 0 unspecified atom stereocenters. The van der Waals surface area contributed by atoms with Crippen molar-refractivity contribution >= 4 is 11.8 Å². The highest BCUT2D eigenvalue weighted by Crippen LogP contribution is 2.28. The second-order valence-electron chi connectivity index (χ2n) is 6.42. The zero-order valence-corrected chi connectivity index (χ0v) is 15.7. The molecule has 0 aliphatic carbocycles. The number of aromatic nitrogens is 1. The number of carbonyl (C=O) groups excluding carboxylic acids is 2. The second-order valence-corrected chi connectivity index (χ2v) is 6.42. The summed E-state index contributed by atoms with van der Waals surface area (Å²) in [4.78, 5) is 29.0. The van der Waals surface area contributed by atoms with Gasteiger partial charge in [0.25, 0.3) is 0 Å². The third-order valence-electron chi connectivity index (χ3n) is 4.45. The first-order valence-electron chi connectivity index (χ1n) is 9.19. The Hall–Kier alpha value is -4.06. The first-order chi connectivity index (χ1) is 14.6. The molecule has 0 saturated carbocycles.